The summed E-state index contributed by atoms with van der Waals surface area (Å²) >= 11 is 6.09. The van der Waals surface area contributed by atoms with E-state index in [1.807, 2.05) is 35.8 Å². The number of halogens is 1. The number of carboxylic acids is 1. The zero-order valence-corrected chi connectivity index (χ0v) is 9.66. The van der Waals surface area contributed by atoms with E-state index in [0.717, 1.165) is 16.5 Å². The number of hydrogen-bond donors (Lipinski definition) is 1. The molecule has 0 unspecified atom stereocenters. The topological polar surface area (TPSA) is 42.2 Å². The molecule has 1 heterocycles. The van der Waals surface area contributed by atoms with Crippen LogP contribution in [-0.4, -0.2) is 15.6 Å². The van der Waals surface area contributed by atoms with Crippen LogP contribution in [0.5, 0.6) is 0 Å². The standard InChI is InChI=1S/C12H12ClNO2/c1-8-3-2-4-9-7-10(13)14(12(8)9)6-5-11(15)16/h2-4,7H,5-6H2,1H3,(H,15,16). The van der Waals surface area contributed by atoms with Crippen LogP contribution in [0.2, 0.25) is 5.15 Å². The van der Waals surface area contributed by atoms with E-state index in [1.54, 1.807) is 0 Å². The number of rotatable bonds is 3. The lowest BCUT2D eigenvalue weighted by Gasteiger charge is -2.07. The molecule has 0 amide bonds. The Morgan fingerprint density at radius 2 is 2.25 bits per heavy atom. The minimum Gasteiger partial charge on any atom is -0.481 e. The smallest absolute Gasteiger partial charge is 0.305 e. The number of carboxylic acid groups (broad SMARTS) is 1. The Balaban J connectivity index is 2.50. The second kappa shape index (κ2) is 4.18. The lowest BCUT2D eigenvalue weighted by atomic mass is 10.2. The van der Waals surface area contributed by atoms with Crippen molar-refractivity contribution < 1.29 is 9.90 Å². The first-order valence-electron chi connectivity index (χ1n) is 5.06. The lowest BCUT2D eigenvalue weighted by Crippen LogP contribution is -2.04. The number of benzene rings is 1. The van der Waals surface area contributed by atoms with Crippen LogP contribution in [0.25, 0.3) is 10.9 Å². The van der Waals surface area contributed by atoms with Crippen LogP contribution in [0, 0.1) is 6.92 Å². The van der Waals surface area contributed by atoms with Crippen molar-refractivity contribution in [1.29, 1.82) is 0 Å². The second-order valence-corrected chi connectivity index (χ2v) is 4.16. The van der Waals surface area contributed by atoms with Gasteiger partial charge >= 0.3 is 5.97 Å². The van der Waals surface area contributed by atoms with Crippen molar-refractivity contribution in [3.63, 3.8) is 0 Å². The van der Waals surface area contributed by atoms with Crippen molar-refractivity contribution >= 4 is 28.5 Å². The molecule has 0 aliphatic rings. The molecule has 4 heteroatoms. The number of hydrogen-bond acceptors (Lipinski definition) is 1. The Morgan fingerprint density at radius 1 is 1.50 bits per heavy atom. The molecule has 16 heavy (non-hydrogen) atoms. The maximum absolute atomic E-state index is 10.6. The average molecular weight is 238 g/mol. The average Bonchev–Trinajstić information content (AvgIpc) is 2.52. The molecule has 0 spiro atoms. The number of aromatic nitrogens is 1. The molecule has 0 bridgehead atoms. The van der Waals surface area contributed by atoms with E-state index >= 15 is 0 Å². The molecule has 0 atom stereocenters. The summed E-state index contributed by atoms with van der Waals surface area (Å²) in [5.74, 6) is -0.813. The fraction of sp³-hybridized carbons (Fsp3) is 0.250. The van der Waals surface area contributed by atoms with Crippen LogP contribution in [0.3, 0.4) is 0 Å². The number of aryl methyl sites for hydroxylation is 2. The number of carbonyl (C=O) groups is 1. The maximum atomic E-state index is 10.6. The summed E-state index contributed by atoms with van der Waals surface area (Å²) in [6, 6.07) is 7.81. The van der Waals surface area contributed by atoms with E-state index in [4.69, 9.17) is 16.7 Å². The minimum absolute atomic E-state index is 0.0812. The molecule has 2 rings (SSSR count). The third-order valence-electron chi connectivity index (χ3n) is 2.62. The van der Waals surface area contributed by atoms with Crippen LogP contribution >= 0.6 is 11.6 Å². The summed E-state index contributed by atoms with van der Waals surface area (Å²) in [5, 5.41) is 10.3. The van der Waals surface area contributed by atoms with Crippen LogP contribution in [-0.2, 0) is 11.3 Å². The van der Waals surface area contributed by atoms with E-state index in [0.29, 0.717) is 11.7 Å². The van der Waals surface area contributed by atoms with E-state index in [2.05, 4.69) is 0 Å². The van der Waals surface area contributed by atoms with Gasteiger partial charge in [-0.1, -0.05) is 29.8 Å². The molecule has 1 N–H and O–H groups in total. The SMILES string of the molecule is Cc1cccc2cc(Cl)n(CCC(=O)O)c12. The summed E-state index contributed by atoms with van der Waals surface area (Å²) in [5.41, 5.74) is 2.13. The van der Waals surface area contributed by atoms with Gasteiger partial charge in [0.1, 0.15) is 5.15 Å². The molecule has 0 radical (unpaired) electrons. The number of aliphatic carboxylic acids is 1. The summed E-state index contributed by atoms with van der Waals surface area (Å²) in [6.07, 6.45) is 0.0812. The van der Waals surface area contributed by atoms with Gasteiger partial charge in [-0.3, -0.25) is 4.79 Å². The first kappa shape index (κ1) is 11.0. The molecular weight excluding hydrogens is 226 g/mol. The number of nitrogens with zero attached hydrogens (tertiary/aromatic N) is 1. The molecule has 3 nitrogen and oxygen atoms in total. The molecule has 0 aliphatic heterocycles. The Labute approximate surface area is 98.3 Å². The monoisotopic (exact) mass is 237 g/mol. The van der Waals surface area contributed by atoms with Gasteiger partial charge in [0, 0.05) is 11.9 Å². The van der Waals surface area contributed by atoms with Crippen LogP contribution in [0.1, 0.15) is 12.0 Å². The lowest BCUT2D eigenvalue weighted by molar-refractivity contribution is -0.137. The molecule has 0 aliphatic carbocycles. The molecule has 0 fully saturated rings. The van der Waals surface area contributed by atoms with Crippen LogP contribution in [0.15, 0.2) is 24.3 Å². The quantitative estimate of drug-likeness (QED) is 0.892. The van der Waals surface area contributed by atoms with Crippen molar-refractivity contribution in [3.8, 4) is 0 Å². The molecule has 0 saturated heterocycles. The second-order valence-electron chi connectivity index (χ2n) is 3.78. The van der Waals surface area contributed by atoms with Crippen molar-refractivity contribution in [2.75, 3.05) is 0 Å². The van der Waals surface area contributed by atoms with E-state index < -0.39 is 5.97 Å². The Bertz CT molecular complexity index is 545. The third kappa shape index (κ3) is 1.91. The van der Waals surface area contributed by atoms with Gasteiger partial charge in [-0.05, 0) is 18.6 Å². The zero-order chi connectivity index (χ0) is 11.7. The molecule has 1 aromatic carbocycles. The fourth-order valence-electron chi connectivity index (χ4n) is 1.91. The normalized spacial score (nSPS) is 10.9. The molecule has 0 saturated carbocycles. The molecule has 2 aromatic rings. The molecule has 1 aromatic heterocycles. The first-order chi connectivity index (χ1) is 7.59. The van der Waals surface area contributed by atoms with E-state index in [1.165, 1.54) is 0 Å². The van der Waals surface area contributed by atoms with E-state index in [9.17, 15) is 4.79 Å². The van der Waals surface area contributed by atoms with Gasteiger partial charge in [-0.25, -0.2) is 0 Å². The predicted octanol–water partition coefficient (Wildman–Crippen LogP) is 3.08. The van der Waals surface area contributed by atoms with E-state index in [-0.39, 0.29) is 6.42 Å². The summed E-state index contributed by atoms with van der Waals surface area (Å²) in [6.45, 7) is 2.40. The zero-order valence-electron chi connectivity index (χ0n) is 8.90. The Hall–Kier alpha value is -1.48. The van der Waals surface area contributed by atoms with Crippen molar-refractivity contribution in [2.24, 2.45) is 0 Å². The Kier molecular flexibility index (Phi) is 2.88. The summed E-state index contributed by atoms with van der Waals surface area (Å²) < 4.78 is 1.85. The predicted molar refractivity (Wildman–Crippen MR) is 63.9 cm³/mol. The van der Waals surface area contributed by atoms with Crippen LogP contribution in [0.4, 0.5) is 0 Å². The van der Waals surface area contributed by atoms with Crippen molar-refractivity contribution in [3.05, 3.63) is 35.0 Å². The molecular formula is C12H12ClNO2. The minimum atomic E-state index is -0.813. The van der Waals surface area contributed by atoms with Gasteiger partial charge < -0.3 is 9.67 Å². The summed E-state index contributed by atoms with van der Waals surface area (Å²) in [4.78, 5) is 10.6. The Morgan fingerprint density at radius 3 is 2.94 bits per heavy atom. The number of para-hydroxylation sites is 1. The van der Waals surface area contributed by atoms with Gasteiger partial charge in [-0.2, -0.15) is 0 Å². The van der Waals surface area contributed by atoms with Crippen molar-refractivity contribution in [2.45, 2.75) is 19.9 Å². The highest BCUT2D eigenvalue weighted by Crippen LogP contribution is 2.26. The largest absolute Gasteiger partial charge is 0.481 e. The highest BCUT2D eigenvalue weighted by Gasteiger charge is 2.09. The molecule has 84 valence electrons. The van der Waals surface area contributed by atoms with Gasteiger partial charge in [-0.15, -0.1) is 0 Å². The van der Waals surface area contributed by atoms with Gasteiger partial charge in [0.25, 0.3) is 0 Å². The number of fused-ring (bicyclic) bond motifs is 1. The first-order valence-corrected chi connectivity index (χ1v) is 5.43. The van der Waals surface area contributed by atoms with Crippen molar-refractivity contribution in [1.82, 2.24) is 4.57 Å². The highest BCUT2D eigenvalue weighted by molar-refractivity contribution is 6.31. The van der Waals surface area contributed by atoms with Crippen LogP contribution < -0.4 is 0 Å². The van der Waals surface area contributed by atoms with Gasteiger partial charge in [0.15, 0.2) is 0 Å². The highest BCUT2D eigenvalue weighted by atomic mass is 35.5. The van der Waals surface area contributed by atoms with Gasteiger partial charge in [0.05, 0.1) is 11.9 Å². The maximum Gasteiger partial charge on any atom is 0.305 e. The third-order valence-corrected chi connectivity index (χ3v) is 2.93. The fourth-order valence-corrected chi connectivity index (χ4v) is 2.19. The summed E-state index contributed by atoms with van der Waals surface area (Å²) in [7, 11) is 0. The van der Waals surface area contributed by atoms with Gasteiger partial charge in [0.2, 0.25) is 0 Å².